The lowest BCUT2D eigenvalue weighted by Crippen LogP contribution is -2.44. The summed E-state index contributed by atoms with van der Waals surface area (Å²) in [4.78, 5) is 44.6. The Morgan fingerprint density at radius 1 is 1.07 bits per heavy atom. The molecule has 5 atom stereocenters. The molecule has 0 aromatic heterocycles. The van der Waals surface area contributed by atoms with Crippen LogP contribution in [0.1, 0.15) is 42.1 Å². The maximum Gasteiger partial charge on any atom is 0.268 e. The van der Waals surface area contributed by atoms with Crippen molar-refractivity contribution >= 4 is 43.2 Å². The van der Waals surface area contributed by atoms with E-state index in [4.69, 9.17) is 4.74 Å². The molecule has 0 unspecified atom stereocenters. The molecule has 3 aliphatic heterocycles. The molecule has 2 N–H and O–H groups in total. The Kier molecular flexibility index (Phi) is 7.94. The molecule has 230 valence electrons. The second-order valence-corrected chi connectivity index (χ2v) is 16.4. The molecule has 3 aromatic carbocycles. The Morgan fingerprint density at radius 2 is 1.75 bits per heavy atom. The van der Waals surface area contributed by atoms with Crippen molar-refractivity contribution in [2.24, 2.45) is 5.92 Å². The standard InChI is InChI=1S/C34H38FN3O5Si/c1-22-31(44(2,3)35)29(20-30(40)37-18-10-15-26(37)21-39)43-34(22)27-19-24(36-32(41)23-11-6-4-7-12-23)16-17-28(27)38(33(34)42)25-13-8-5-9-14-25/h4-9,11-14,16-17,19,22,26,29,31,39H,10,15,18,20-21H2,1-3H3,(H,36,41)/t22-,26+,29+,31-,34+/m1/s1. The first kappa shape index (κ1) is 30.2. The fourth-order valence-electron chi connectivity index (χ4n) is 7.52. The van der Waals surface area contributed by atoms with E-state index in [0.717, 1.165) is 12.8 Å². The van der Waals surface area contributed by atoms with Gasteiger partial charge in [0.15, 0.2) is 5.60 Å². The number of anilines is 3. The van der Waals surface area contributed by atoms with Crippen molar-refractivity contribution in [3.8, 4) is 0 Å². The van der Waals surface area contributed by atoms with E-state index in [9.17, 15) is 19.5 Å². The molecule has 2 fully saturated rings. The van der Waals surface area contributed by atoms with Gasteiger partial charge in [-0.05, 0) is 68.4 Å². The third kappa shape index (κ3) is 5.04. The zero-order valence-electron chi connectivity index (χ0n) is 25.2. The number of aliphatic hydroxyl groups is 1. The van der Waals surface area contributed by atoms with Crippen molar-refractivity contribution in [1.82, 2.24) is 4.90 Å². The fourth-order valence-corrected chi connectivity index (χ4v) is 10.0. The zero-order valence-corrected chi connectivity index (χ0v) is 26.2. The van der Waals surface area contributed by atoms with Crippen LogP contribution in [0.15, 0.2) is 78.9 Å². The average Bonchev–Trinajstić information content (AvgIpc) is 3.67. The number of likely N-dealkylation sites (tertiary alicyclic amines) is 1. The number of hydrogen-bond acceptors (Lipinski definition) is 5. The van der Waals surface area contributed by atoms with Gasteiger partial charge in [0, 0.05) is 40.5 Å². The molecule has 44 heavy (non-hydrogen) atoms. The molecule has 2 saturated heterocycles. The number of aliphatic hydroxyl groups excluding tert-OH is 1. The van der Waals surface area contributed by atoms with E-state index in [1.807, 2.05) is 43.3 Å². The smallest absolute Gasteiger partial charge is 0.268 e. The van der Waals surface area contributed by atoms with E-state index < -0.39 is 31.6 Å². The number of rotatable bonds is 7. The molecule has 0 aliphatic carbocycles. The maximum absolute atomic E-state index is 16.3. The van der Waals surface area contributed by atoms with Gasteiger partial charge in [-0.25, -0.2) is 0 Å². The number of nitrogens with one attached hydrogen (secondary N) is 1. The Hall–Kier alpha value is -3.86. The lowest BCUT2D eigenvalue weighted by molar-refractivity contribution is -0.149. The number of hydrogen-bond donors (Lipinski definition) is 2. The number of nitrogens with zero attached hydrogens (tertiary/aromatic N) is 2. The van der Waals surface area contributed by atoms with Gasteiger partial charge >= 0.3 is 0 Å². The minimum Gasteiger partial charge on any atom is -0.394 e. The second-order valence-electron chi connectivity index (χ2n) is 12.6. The second kappa shape index (κ2) is 11.6. The molecule has 3 aliphatic rings. The lowest BCUT2D eigenvalue weighted by Gasteiger charge is -2.31. The molecule has 0 saturated carbocycles. The summed E-state index contributed by atoms with van der Waals surface area (Å²) < 4.78 is 23.1. The summed E-state index contributed by atoms with van der Waals surface area (Å²) in [7, 11) is -3.50. The van der Waals surface area contributed by atoms with E-state index in [2.05, 4.69) is 5.32 Å². The number of benzene rings is 3. The van der Waals surface area contributed by atoms with Gasteiger partial charge in [-0.1, -0.05) is 43.3 Å². The Labute approximate surface area is 258 Å². The van der Waals surface area contributed by atoms with Gasteiger partial charge in [0.05, 0.1) is 30.9 Å². The Bertz CT molecular complexity index is 1570. The molecule has 1 spiro atoms. The van der Waals surface area contributed by atoms with E-state index >= 15 is 4.11 Å². The number of fused-ring (bicyclic) bond motifs is 2. The lowest BCUT2D eigenvalue weighted by atomic mass is 9.82. The average molecular weight is 616 g/mol. The molecule has 0 bridgehead atoms. The first-order valence-corrected chi connectivity index (χ1v) is 18.2. The first-order valence-electron chi connectivity index (χ1n) is 15.2. The molecule has 10 heteroatoms. The minimum absolute atomic E-state index is 0.0774. The van der Waals surface area contributed by atoms with Crippen LogP contribution in [0.4, 0.5) is 21.2 Å². The van der Waals surface area contributed by atoms with Crippen molar-refractivity contribution in [3.05, 3.63) is 90.0 Å². The SMILES string of the molecule is C[C@@H]1[C@@H]([Si](C)(C)F)[C@H](CC(=O)N2CCC[C@H]2CO)O[C@@]12C(=O)N(c1ccccc1)c1ccc(NC(=O)c3ccccc3)cc12. The van der Waals surface area contributed by atoms with Crippen LogP contribution in [0.3, 0.4) is 0 Å². The topological polar surface area (TPSA) is 99.2 Å². The van der Waals surface area contributed by atoms with E-state index in [1.165, 1.54) is 0 Å². The summed E-state index contributed by atoms with van der Waals surface area (Å²) in [5.74, 6) is -1.44. The van der Waals surface area contributed by atoms with Crippen LogP contribution in [-0.4, -0.2) is 61.4 Å². The molecule has 3 heterocycles. The van der Waals surface area contributed by atoms with E-state index in [1.54, 1.807) is 65.4 Å². The Balaban J connectivity index is 1.43. The molecular formula is C34H38FN3O5Si. The third-order valence-electron chi connectivity index (χ3n) is 9.46. The largest absolute Gasteiger partial charge is 0.394 e. The zero-order chi connectivity index (χ0) is 31.2. The predicted molar refractivity (Wildman–Crippen MR) is 169 cm³/mol. The number of carbonyl (C=O) groups excluding carboxylic acids is 3. The normalized spacial score (nSPS) is 26.3. The summed E-state index contributed by atoms with van der Waals surface area (Å²) in [6.45, 7) is 5.46. The number of halogens is 1. The minimum atomic E-state index is -3.50. The van der Waals surface area contributed by atoms with Crippen molar-refractivity contribution in [2.75, 3.05) is 23.4 Å². The summed E-state index contributed by atoms with van der Waals surface area (Å²) in [5, 5.41) is 12.8. The molecule has 6 rings (SSSR count). The van der Waals surface area contributed by atoms with Crippen molar-refractivity contribution in [3.63, 3.8) is 0 Å². The predicted octanol–water partition coefficient (Wildman–Crippen LogP) is 5.77. The van der Waals surface area contributed by atoms with Gasteiger partial charge in [0.25, 0.3) is 11.8 Å². The number of ether oxygens (including phenoxy) is 1. The Morgan fingerprint density at radius 3 is 2.41 bits per heavy atom. The van der Waals surface area contributed by atoms with Gasteiger partial charge in [-0.2, -0.15) is 0 Å². The first-order chi connectivity index (χ1) is 21.1. The van der Waals surface area contributed by atoms with Gasteiger partial charge in [0.1, 0.15) is 0 Å². The van der Waals surface area contributed by atoms with Gasteiger partial charge in [-0.3, -0.25) is 19.3 Å². The summed E-state index contributed by atoms with van der Waals surface area (Å²) in [5.41, 5.74) is 0.520. The number of carbonyl (C=O) groups is 3. The quantitative estimate of drug-likeness (QED) is 0.260. The molecule has 8 nitrogen and oxygen atoms in total. The maximum atomic E-state index is 16.3. The van der Waals surface area contributed by atoms with Crippen molar-refractivity contribution < 1.29 is 28.3 Å². The van der Waals surface area contributed by atoms with Gasteiger partial charge in [0.2, 0.25) is 14.3 Å². The number of amides is 3. The van der Waals surface area contributed by atoms with E-state index in [-0.39, 0.29) is 36.8 Å². The van der Waals surface area contributed by atoms with Crippen LogP contribution in [0.25, 0.3) is 0 Å². The highest BCUT2D eigenvalue weighted by atomic mass is 28.4. The molecule has 0 radical (unpaired) electrons. The monoisotopic (exact) mass is 615 g/mol. The van der Waals surface area contributed by atoms with Crippen LogP contribution in [0.5, 0.6) is 0 Å². The summed E-state index contributed by atoms with van der Waals surface area (Å²) in [6, 6.07) is 23.1. The highest BCUT2D eigenvalue weighted by molar-refractivity contribution is 6.72. The summed E-state index contributed by atoms with van der Waals surface area (Å²) >= 11 is 0. The van der Waals surface area contributed by atoms with Crippen LogP contribution >= 0.6 is 0 Å². The van der Waals surface area contributed by atoms with Crippen molar-refractivity contribution in [2.45, 2.75) is 62.6 Å². The van der Waals surface area contributed by atoms with Crippen LogP contribution in [0.2, 0.25) is 18.6 Å². The van der Waals surface area contributed by atoms with Gasteiger partial charge in [-0.15, -0.1) is 0 Å². The highest BCUT2D eigenvalue weighted by Crippen LogP contribution is 2.61. The van der Waals surface area contributed by atoms with Gasteiger partial charge < -0.3 is 24.2 Å². The van der Waals surface area contributed by atoms with Crippen LogP contribution in [0, 0.1) is 5.92 Å². The van der Waals surface area contributed by atoms with Crippen molar-refractivity contribution in [1.29, 1.82) is 0 Å². The molecule has 3 amide bonds. The van der Waals surface area contributed by atoms with Crippen LogP contribution < -0.4 is 10.2 Å². The fraction of sp³-hybridized carbons (Fsp3) is 0.382. The molecular weight excluding hydrogens is 577 g/mol. The van der Waals surface area contributed by atoms with Crippen LogP contribution in [-0.2, 0) is 19.9 Å². The number of para-hydroxylation sites is 1. The molecule has 3 aromatic rings. The highest BCUT2D eigenvalue weighted by Gasteiger charge is 2.67. The summed E-state index contributed by atoms with van der Waals surface area (Å²) in [6.07, 6.45) is 0.604. The third-order valence-corrected chi connectivity index (χ3v) is 11.9. The van der Waals surface area contributed by atoms with E-state index in [0.29, 0.717) is 34.7 Å².